The average Bonchev–Trinajstić information content (AvgIpc) is 2.21. The molecule has 2 rings (SSSR count). The van der Waals surface area contributed by atoms with Crippen molar-refractivity contribution >= 4 is 5.69 Å². The van der Waals surface area contributed by atoms with Crippen LogP contribution in [-0.2, 0) is 6.54 Å². The highest BCUT2D eigenvalue weighted by atomic mass is 15.1. The van der Waals surface area contributed by atoms with E-state index < -0.39 is 0 Å². The molecule has 0 atom stereocenters. The first-order valence-corrected chi connectivity index (χ1v) is 6.34. The molecule has 16 heavy (non-hydrogen) atoms. The summed E-state index contributed by atoms with van der Waals surface area (Å²) in [6.45, 7) is 5.67. The highest BCUT2D eigenvalue weighted by molar-refractivity contribution is 5.40. The van der Waals surface area contributed by atoms with Crippen molar-refractivity contribution in [1.82, 2.24) is 4.90 Å². The molecule has 1 aromatic rings. The Kier molecular flexibility index (Phi) is 3.83. The molecule has 2 heteroatoms. The van der Waals surface area contributed by atoms with Crippen LogP contribution in [0.5, 0.6) is 0 Å². The van der Waals surface area contributed by atoms with Crippen LogP contribution in [0.15, 0.2) is 24.3 Å². The minimum Gasteiger partial charge on any atom is -0.399 e. The van der Waals surface area contributed by atoms with Crippen LogP contribution in [-0.4, -0.2) is 18.0 Å². The van der Waals surface area contributed by atoms with Gasteiger partial charge in [0.1, 0.15) is 0 Å². The fraction of sp³-hybridized carbons (Fsp3) is 0.571. The number of nitrogens with zero attached hydrogens (tertiary/aromatic N) is 1. The SMILES string of the molecule is CCN(Cc1cccc(N)c1)CC1CCC1. The van der Waals surface area contributed by atoms with E-state index in [1.807, 2.05) is 12.1 Å². The molecule has 1 fully saturated rings. The summed E-state index contributed by atoms with van der Waals surface area (Å²) in [6, 6.07) is 8.25. The third-order valence-electron chi connectivity index (χ3n) is 3.55. The first-order chi connectivity index (χ1) is 7.78. The van der Waals surface area contributed by atoms with Gasteiger partial charge in [0.2, 0.25) is 0 Å². The molecule has 1 saturated carbocycles. The molecule has 1 aromatic carbocycles. The predicted molar refractivity (Wildman–Crippen MR) is 69.1 cm³/mol. The largest absolute Gasteiger partial charge is 0.399 e. The maximum Gasteiger partial charge on any atom is 0.0317 e. The fourth-order valence-electron chi connectivity index (χ4n) is 2.30. The third kappa shape index (κ3) is 2.99. The smallest absolute Gasteiger partial charge is 0.0317 e. The lowest BCUT2D eigenvalue weighted by Gasteiger charge is -2.31. The minimum absolute atomic E-state index is 0.872. The molecule has 2 N–H and O–H groups in total. The van der Waals surface area contributed by atoms with Gasteiger partial charge in [0.25, 0.3) is 0 Å². The standard InChI is InChI=1S/C14H22N2/c1-2-16(10-12-5-3-6-12)11-13-7-4-8-14(15)9-13/h4,7-9,12H,2-3,5-6,10-11,15H2,1H3. The number of rotatable bonds is 5. The van der Waals surface area contributed by atoms with Crippen molar-refractivity contribution in [2.75, 3.05) is 18.8 Å². The second-order valence-corrected chi connectivity index (χ2v) is 4.87. The van der Waals surface area contributed by atoms with E-state index in [4.69, 9.17) is 5.73 Å². The lowest BCUT2D eigenvalue weighted by molar-refractivity contribution is 0.178. The van der Waals surface area contributed by atoms with Crippen molar-refractivity contribution < 1.29 is 0 Å². The van der Waals surface area contributed by atoms with Crippen LogP contribution >= 0.6 is 0 Å². The number of hydrogen-bond acceptors (Lipinski definition) is 2. The summed E-state index contributed by atoms with van der Waals surface area (Å²) in [5.41, 5.74) is 8.00. The van der Waals surface area contributed by atoms with Gasteiger partial charge in [-0.15, -0.1) is 0 Å². The molecule has 0 aromatic heterocycles. The summed E-state index contributed by atoms with van der Waals surface area (Å²) in [5.74, 6) is 0.945. The first-order valence-electron chi connectivity index (χ1n) is 6.34. The van der Waals surface area contributed by atoms with Crippen molar-refractivity contribution in [2.24, 2.45) is 5.92 Å². The zero-order valence-electron chi connectivity index (χ0n) is 10.2. The Morgan fingerprint density at radius 3 is 2.75 bits per heavy atom. The van der Waals surface area contributed by atoms with Crippen LogP contribution < -0.4 is 5.73 Å². The Bertz CT molecular complexity index is 331. The van der Waals surface area contributed by atoms with Gasteiger partial charge in [0.15, 0.2) is 0 Å². The van der Waals surface area contributed by atoms with Gasteiger partial charge < -0.3 is 5.73 Å². The normalized spacial score (nSPS) is 16.4. The van der Waals surface area contributed by atoms with Gasteiger partial charge in [0, 0.05) is 18.8 Å². The third-order valence-corrected chi connectivity index (χ3v) is 3.55. The molecule has 0 spiro atoms. The Morgan fingerprint density at radius 2 is 2.19 bits per heavy atom. The molecule has 0 unspecified atom stereocenters. The zero-order chi connectivity index (χ0) is 11.4. The van der Waals surface area contributed by atoms with Crippen molar-refractivity contribution in [3.8, 4) is 0 Å². The second kappa shape index (κ2) is 5.35. The molecular weight excluding hydrogens is 196 g/mol. The van der Waals surface area contributed by atoms with Crippen LogP contribution in [0, 0.1) is 5.92 Å². The number of hydrogen-bond donors (Lipinski definition) is 1. The van der Waals surface area contributed by atoms with Crippen molar-refractivity contribution in [3.05, 3.63) is 29.8 Å². The summed E-state index contributed by atoms with van der Waals surface area (Å²) in [5, 5.41) is 0. The van der Waals surface area contributed by atoms with Crippen LogP contribution in [0.4, 0.5) is 5.69 Å². The molecule has 0 radical (unpaired) electrons. The van der Waals surface area contributed by atoms with E-state index in [9.17, 15) is 0 Å². The van der Waals surface area contributed by atoms with E-state index in [1.54, 1.807) is 0 Å². The van der Waals surface area contributed by atoms with Crippen LogP contribution in [0.1, 0.15) is 31.7 Å². The van der Waals surface area contributed by atoms with E-state index in [-0.39, 0.29) is 0 Å². The monoisotopic (exact) mass is 218 g/mol. The van der Waals surface area contributed by atoms with Crippen molar-refractivity contribution in [2.45, 2.75) is 32.7 Å². The molecule has 0 bridgehead atoms. The van der Waals surface area contributed by atoms with E-state index in [1.165, 1.54) is 31.4 Å². The van der Waals surface area contributed by atoms with E-state index in [2.05, 4.69) is 24.0 Å². The van der Waals surface area contributed by atoms with Crippen LogP contribution in [0.2, 0.25) is 0 Å². The van der Waals surface area contributed by atoms with Gasteiger partial charge in [-0.2, -0.15) is 0 Å². The predicted octanol–water partition coefficient (Wildman–Crippen LogP) is 2.89. The highest BCUT2D eigenvalue weighted by Crippen LogP contribution is 2.27. The summed E-state index contributed by atoms with van der Waals surface area (Å²) in [4.78, 5) is 2.53. The zero-order valence-corrected chi connectivity index (χ0v) is 10.2. The fourth-order valence-corrected chi connectivity index (χ4v) is 2.30. The molecule has 88 valence electrons. The van der Waals surface area contributed by atoms with E-state index in [0.717, 1.165) is 24.7 Å². The van der Waals surface area contributed by atoms with E-state index in [0.29, 0.717) is 0 Å². The molecular formula is C14H22N2. The van der Waals surface area contributed by atoms with Gasteiger partial charge in [-0.1, -0.05) is 25.5 Å². The molecule has 1 aliphatic rings. The minimum atomic E-state index is 0.872. The first kappa shape index (κ1) is 11.5. The van der Waals surface area contributed by atoms with E-state index >= 15 is 0 Å². The Hall–Kier alpha value is -1.02. The topological polar surface area (TPSA) is 29.3 Å². The summed E-state index contributed by atoms with van der Waals surface area (Å²) >= 11 is 0. The number of nitrogens with two attached hydrogens (primary N) is 1. The number of anilines is 1. The van der Waals surface area contributed by atoms with Crippen molar-refractivity contribution in [1.29, 1.82) is 0 Å². The van der Waals surface area contributed by atoms with Gasteiger partial charge in [-0.3, -0.25) is 4.90 Å². The van der Waals surface area contributed by atoms with Gasteiger partial charge >= 0.3 is 0 Å². The molecule has 2 nitrogen and oxygen atoms in total. The number of nitrogen functional groups attached to an aromatic ring is 1. The molecule has 0 saturated heterocycles. The maximum absolute atomic E-state index is 5.80. The quantitative estimate of drug-likeness (QED) is 0.770. The van der Waals surface area contributed by atoms with Gasteiger partial charge in [-0.05, 0) is 43.0 Å². The summed E-state index contributed by atoms with van der Waals surface area (Å²) < 4.78 is 0. The van der Waals surface area contributed by atoms with Crippen LogP contribution in [0.3, 0.4) is 0 Å². The lowest BCUT2D eigenvalue weighted by Crippen LogP contribution is -2.32. The Balaban J connectivity index is 1.89. The molecule has 1 aliphatic carbocycles. The Morgan fingerprint density at radius 1 is 1.38 bits per heavy atom. The average molecular weight is 218 g/mol. The number of benzene rings is 1. The van der Waals surface area contributed by atoms with Gasteiger partial charge in [0.05, 0.1) is 0 Å². The molecule has 0 heterocycles. The lowest BCUT2D eigenvalue weighted by atomic mass is 9.85. The summed E-state index contributed by atoms with van der Waals surface area (Å²) in [6.07, 6.45) is 4.28. The molecule has 0 amide bonds. The maximum atomic E-state index is 5.80. The second-order valence-electron chi connectivity index (χ2n) is 4.87. The van der Waals surface area contributed by atoms with Gasteiger partial charge in [-0.25, -0.2) is 0 Å². The highest BCUT2D eigenvalue weighted by Gasteiger charge is 2.19. The Labute approximate surface area is 98.4 Å². The van der Waals surface area contributed by atoms with Crippen molar-refractivity contribution in [3.63, 3.8) is 0 Å². The molecule has 0 aliphatic heterocycles. The summed E-state index contributed by atoms with van der Waals surface area (Å²) in [7, 11) is 0. The van der Waals surface area contributed by atoms with Crippen LogP contribution in [0.25, 0.3) is 0 Å².